The number of aliphatic hydroxyl groups excluding tert-OH is 1. The van der Waals surface area contributed by atoms with E-state index >= 15 is 0 Å². The first-order chi connectivity index (χ1) is 27.6. The van der Waals surface area contributed by atoms with Crippen LogP contribution in [0.25, 0.3) is 21.8 Å². The van der Waals surface area contributed by atoms with E-state index in [4.69, 9.17) is 15.2 Å². The van der Waals surface area contributed by atoms with Gasteiger partial charge in [-0.25, -0.2) is 4.79 Å². The molecule has 0 bridgehead atoms. The number of nitrogens with one attached hydrogen (secondary N) is 3. The number of aliphatic hydroxyl groups is 1. The molecule has 2 heterocycles. The molecule has 12 nitrogen and oxygen atoms in total. The Labute approximate surface area is 331 Å². The van der Waals surface area contributed by atoms with Crippen molar-refractivity contribution in [1.82, 2.24) is 15.3 Å². The molecule has 6 aromatic rings. The van der Waals surface area contributed by atoms with Crippen LogP contribution < -0.4 is 26.7 Å². The molecule has 12 heteroatoms. The number of rotatable bonds is 18. The molecule has 57 heavy (non-hydrogen) atoms. The number of amides is 2. The number of anilines is 2. The number of methoxy groups -OCH3 is 1. The summed E-state index contributed by atoms with van der Waals surface area (Å²) in [5, 5.41) is 28.5. The zero-order valence-corrected chi connectivity index (χ0v) is 32.3. The molecule has 0 aliphatic carbocycles. The maximum Gasteiger partial charge on any atom is 0.407 e. The van der Waals surface area contributed by atoms with Gasteiger partial charge in [-0.1, -0.05) is 74.6 Å². The fraction of sp³-hybridized carbons (Fsp3) is 0.289. The van der Waals surface area contributed by atoms with E-state index in [0.29, 0.717) is 53.9 Å². The molecule has 0 saturated carbocycles. The lowest BCUT2D eigenvalue weighted by Gasteiger charge is -2.16. The van der Waals surface area contributed by atoms with Gasteiger partial charge >= 0.3 is 6.09 Å². The van der Waals surface area contributed by atoms with Crippen molar-refractivity contribution in [3.05, 3.63) is 135 Å². The summed E-state index contributed by atoms with van der Waals surface area (Å²) in [6.07, 6.45) is 7.05. The van der Waals surface area contributed by atoms with Crippen LogP contribution in [-0.4, -0.2) is 45.9 Å². The molecule has 2 aromatic heterocycles. The van der Waals surface area contributed by atoms with E-state index in [1.807, 2.05) is 55.5 Å². The number of alkyl carbamates (subject to hydrolysis) is 1. The Morgan fingerprint density at radius 1 is 0.877 bits per heavy atom. The molecule has 0 fully saturated rings. The Morgan fingerprint density at radius 2 is 1.65 bits per heavy atom. The minimum atomic E-state index is -0.692. The lowest BCUT2D eigenvalue weighted by molar-refractivity contribution is 0.100. The van der Waals surface area contributed by atoms with Crippen molar-refractivity contribution in [2.75, 3.05) is 19.0 Å². The number of phenols is 1. The second-order valence-electron chi connectivity index (χ2n) is 14.3. The zero-order chi connectivity index (χ0) is 40.3. The van der Waals surface area contributed by atoms with Gasteiger partial charge in [-0.2, -0.15) is 0 Å². The lowest BCUT2D eigenvalue weighted by atomic mass is 9.97. The Kier molecular flexibility index (Phi) is 13.4. The third kappa shape index (κ3) is 10.5. The van der Waals surface area contributed by atoms with Crippen LogP contribution in [0, 0.1) is 6.92 Å². The quantitative estimate of drug-likeness (QED) is 0.0468. The summed E-state index contributed by atoms with van der Waals surface area (Å²) >= 11 is 0. The van der Waals surface area contributed by atoms with E-state index in [0.717, 1.165) is 77.4 Å². The van der Waals surface area contributed by atoms with Crippen LogP contribution in [0.1, 0.15) is 89.2 Å². The number of primary amides is 1. The summed E-state index contributed by atoms with van der Waals surface area (Å²) in [4.78, 5) is 43.8. The van der Waals surface area contributed by atoms with Crippen molar-refractivity contribution in [3.63, 3.8) is 0 Å². The van der Waals surface area contributed by atoms with E-state index in [1.165, 1.54) is 18.3 Å². The summed E-state index contributed by atoms with van der Waals surface area (Å²) in [7, 11) is 1.60. The number of carbonyl (C=O) groups excluding carboxylic acids is 2. The fourth-order valence-electron chi connectivity index (χ4n) is 7.15. The Morgan fingerprint density at radius 3 is 2.46 bits per heavy atom. The van der Waals surface area contributed by atoms with E-state index in [9.17, 15) is 24.6 Å². The first-order valence-corrected chi connectivity index (χ1v) is 19.2. The molecule has 0 aliphatic rings. The van der Waals surface area contributed by atoms with Gasteiger partial charge in [0.1, 0.15) is 11.5 Å². The number of hydrogen-bond donors (Lipinski definition) is 6. The fourth-order valence-corrected chi connectivity index (χ4v) is 7.15. The van der Waals surface area contributed by atoms with E-state index in [1.54, 1.807) is 19.2 Å². The average Bonchev–Trinajstić information content (AvgIpc) is 3.20. The van der Waals surface area contributed by atoms with Gasteiger partial charge in [0.05, 0.1) is 42.1 Å². The van der Waals surface area contributed by atoms with Crippen molar-refractivity contribution < 1.29 is 29.3 Å². The molecule has 0 spiro atoms. The molecule has 0 aliphatic heterocycles. The lowest BCUT2D eigenvalue weighted by Crippen LogP contribution is -2.24. The van der Waals surface area contributed by atoms with Gasteiger partial charge in [-0.15, -0.1) is 0 Å². The molecule has 296 valence electrons. The molecular weight excluding hydrogens is 723 g/mol. The number of carbonyl (C=O) groups is 2. The van der Waals surface area contributed by atoms with Crippen molar-refractivity contribution >= 4 is 45.2 Å². The van der Waals surface area contributed by atoms with Gasteiger partial charge in [0.2, 0.25) is 5.56 Å². The van der Waals surface area contributed by atoms with Crippen LogP contribution in [0.15, 0.2) is 95.9 Å². The average molecular weight is 772 g/mol. The Bertz CT molecular complexity index is 2430. The molecule has 6 rings (SSSR count). The number of pyridine rings is 2. The maximum absolute atomic E-state index is 12.5. The second kappa shape index (κ2) is 19.0. The third-order valence-corrected chi connectivity index (χ3v) is 10.0. The van der Waals surface area contributed by atoms with Crippen LogP contribution >= 0.6 is 0 Å². The molecule has 0 radical (unpaired) electrons. The monoisotopic (exact) mass is 771 g/mol. The number of aromatic hydroxyl groups is 1. The minimum Gasteiger partial charge on any atom is -0.506 e. The number of hydrogen-bond acceptors (Lipinski definition) is 9. The number of nitrogens with zero attached hydrogens (tertiary/aromatic N) is 1. The SMILES string of the molecule is COc1cccc(Nc2c(C(N)=O)cnc3c(C)cc(Cc4cccc(CNC(=O)OCCCCCCCC[C@H](O)c5ccc(O)c6[nH]c(=O)ccc56)c4)cc23)c1. The van der Waals surface area contributed by atoms with Crippen LogP contribution in [-0.2, 0) is 17.7 Å². The number of unbranched alkanes of at least 4 members (excludes halogenated alkanes) is 5. The van der Waals surface area contributed by atoms with Crippen molar-refractivity contribution in [3.8, 4) is 11.5 Å². The number of aromatic amines is 1. The van der Waals surface area contributed by atoms with Gasteiger partial charge in [-0.3, -0.25) is 14.6 Å². The molecule has 2 amide bonds. The summed E-state index contributed by atoms with van der Waals surface area (Å²) < 4.78 is 10.8. The van der Waals surface area contributed by atoms with Crippen molar-refractivity contribution in [2.45, 2.75) is 70.9 Å². The van der Waals surface area contributed by atoms with E-state index in [-0.39, 0.29) is 16.9 Å². The third-order valence-electron chi connectivity index (χ3n) is 10.0. The van der Waals surface area contributed by atoms with E-state index < -0.39 is 18.1 Å². The topological polar surface area (TPSA) is 189 Å². The first kappa shape index (κ1) is 40.3. The summed E-state index contributed by atoms with van der Waals surface area (Å²) in [5.41, 5.74) is 12.9. The van der Waals surface area contributed by atoms with Gasteiger partial charge in [0.15, 0.2) is 0 Å². The Balaban J connectivity index is 0.939. The van der Waals surface area contributed by atoms with E-state index in [2.05, 4.69) is 32.7 Å². The van der Waals surface area contributed by atoms with Gasteiger partial charge < -0.3 is 41.0 Å². The molecule has 4 aromatic carbocycles. The number of aryl methyl sites for hydroxylation is 1. The van der Waals surface area contributed by atoms with Crippen LogP contribution in [0.5, 0.6) is 11.5 Å². The number of phenolic OH excluding ortho intramolecular Hbond substituents is 1. The maximum atomic E-state index is 12.5. The predicted octanol–water partition coefficient (Wildman–Crippen LogP) is 8.22. The van der Waals surface area contributed by atoms with Crippen LogP contribution in [0.2, 0.25) is 0 Å². The highest BCUT2D eigenvalue weighted by Gasteiger charge is 2.17. The number of fused-ring (bicyclic) bond motifs is 2. The first-order valence-electron chi connectivity index (χ1n) is 19.2. The smallest absolute Gasteiger partial charge is 0.407 e. The minimum absolute atomic E-state index is 0.0214. The van der Waals surface area contributed by atoms with Crippen molar-refractivity contribution in [1.29, 1.82) is 0 Å². The molecule has 0 unspecified atom stereocenters. The Hall–Kier alpha value is -6.40. The molecule has 1 atom stereocenters. The highest BCUT2D eigenvalue weighted by Crippen LogP contribution is 2.34. The summed E-state index contributed by atoms with van der Waals surface area (Å²) in [6, 6.07) is 25.8. The van der Waals surface area contributed by atoms with Crippen LogP contribution in [0.4, 0.5) is 16.2 Å². The predicted molar refractivity (Wildman–Crippen MR) is 222 cm³/mol. The number of nitrogens with two attached hydrogens (primary N) is 1. The van der Waals surface area contributed by atoms with Crippen LogP contribution in [0.3, 0.4) is 0 Å². The van der Waals surface area contributed by atoms with Gasteiger partial charge in [0.25, 0.3) is 5.91 Å². The largest absolute Gasteiger partial charge is 0.506 e. The van der Waals surface area contributed by atoms with Gasteiger partial charge in [-0.05, 0) is 84.3 Å². The van der Waals surface area contributed by atoms with Gasteiger partial charge in [0, 0.05) is 41.3 Å². The standard InChI is InChI=1S/C45H49N5O7/c1-28-21-31(24-36-41(28)47-27-37(44(46)54)42(36)49-32-13-10-14-33(25-32)56-2)23-29-11-9-12-30(22-29)26-48-45(55)57-20-8-6-4-3-5-7-15-38(51)34-16-18-39(52)43-35(34)17-19-40(53)50-43/h9-14,16-19,21-22,24-25,27,38,51-52H,3-8,15,20,23,26H2,1-2H3,(H2,46,54)(H,47,49)(H,48,55)(H,50,53)/t38-/m0/s1. The van der Waals surface area contributed by atoms with Crippen molar-refractivity contribution in [2.24, 2.45) is 5.73 Å². The number of ether oxygens (including phenoxy) is 2. The number of aromatic nitrogens is 2. The summed E-state index contributed by atoms with van der Waals surface area (Å²) in [6.45, 7) is 2.66. The molecule has 7 N–H and O–H groups in total. The zero-order valence-electron chi connectivity index (χ0n) is 32.3. The number of H-pyrrole nitrogens is 1. The molecular formula is C45H49N5O7. The summed E-state index contributed by atoms with van der Waals surface area (Å²) in [5.74, 6) is 0.0738. The highest BCUT2D eigenvalue weighted by molar-refractivity contribution is 6.08. The highest BCUT2D eigenvalue weighted by atomic mass is 16.5. The number of benzene rings is 4. The normalized spacial score (nSPS) is 11.7. The second-order valence-corrected chi connectivity index (χ2v) is 14.3. The molecule has 0 saturated heterocycles.